The standard InChI is InChI=1S/C17H31N3O3/c1-17(2,3)23-16(21)20-13-11-7-8-22-15(11)14(13)19-12-6-4-5-10(12)9-18/h10-15,19H,4-9,18H2,1-3H3,(H,20,21). The predicted octanol–water partition coefficient (Wildman–Crippen LogP) is 1.38. The number of amides is 1. The van der Waals surface area contributed by atoms with Crippen molar-refractivity contribution in [2.45, 2.75) is 76.3 Å². The van der Waals surface area contributed by atoms with Crippen molar-refractivity contribution in [2.24, 2.45) is 17.6 Å². The Kier molecular flexibility index (Phi) is 4.85. The van der Waals surface area contributed by atoms with Crippen LogP contribution in [0.1, 0.15) is 46.5 Å². The Hall–Kier alpha value is -0.850. The number of alkyl carbamates (subject to hydrolysis) is 1. The van der Waals surface area contributed by atoms with Crippen LogP contribution in [0.25, 0.3) is 0 Å². The second-order valence-electron chi connectivity index (χ2n) is 8.19. The van der Waals surface area contributed by atoms with Gasteiger partial charge in [-0.25, -0.2) is 4.79 Å². The lowest BCUT2D eigenvalue weighted by Gasteiger charge is -2.49. The topological polar surface area (TPSA) is 85.6 Å². The minimum atomic E-state index is -0.474. The van der Waals surface area contributed by atoms with Crippen LogP contribution in [0.3, 0.4) is 0 Å². The molecule has 1 saturated heterocycles. The predicted molar refractivity (Wildman–Crippen MR) is 88.1 cm³/mol. The van der Waals surface area contributed by atoms with Gasteiger partial charge in [-0.3, -0.25) is 0 Å². The summed E-state index contributed by atoms with van der Waals surface area (Å²) < 4.78 is 11.3. The second-order valence-corrected chi connectivity index (χ2v) is 8.19. The highest BCUT2D eigenvalue weighted by Gasteiger charge is 2.55. The van der Waals surface area contributed by atoms with Gasteiger partial charge in [0.1, 0.15) is 5.60 Å². The molecule has 6 heteroatoms. The Balaban J connectivity index is 1.60. The highest BCUT2D eigenvalue weighted by molar-refractivity contribution is 5.68. The van der Waals surface area contributed by atoms with Crippen LogP contribution in [-0.2, 0) is 9.47 Å². The van der Waals surface area contributed by atoms with Gasteiger partial charge >= 0.3 is 6.09 Å². The van der Waals surface area contributed by atoms with Crippen LogP contribution in [0.4, 0.5) is 4.79 Å². The fraction of sp³-hybridized carbons (Fsp3) is 0.941. The molecule has 1 heterocycles. The molecular weight excluding hydrogens is 294 g/mol. The number of carbonyl (C=O) groups excluding carboxylic acids is 1. The lowest BCUT2D eigenvalue weighted by atomic mass is 9.71. The first-order chi connectivity index (χ1) is 10.9. The molecule has 0 aromatic carbocycles. The van der Waals surface area contributed by atoms with Crippen LogP contribution >= 0.6 is 0 Å². The molecule has 132 valence electrons. The monoisotopic (exact) mass is 325 g/mol. The Morgan fingerprint density at radius 3 is 2.74 bits per heavy atom. The Morgan fingerprint density at radius 2 is 2.04 bits per heavy atom. The van der Waals surface area contributed by atoms with E-state index in [4.69, 9.17) is 15.2 Å². The van der Waals surface area contributed by atoms with Gasteiger partial charge in [0.05, 0.1) is 18.2 Å². The van der Waals surface area contributed by atoms with Gasteiger partial charge in [-0.2, -0.15) is 0 Å². The molecule has 2 aliphatic carbocycles. The summed E-state index contributed by atoms with van der Waals surface area (Å²) in [5.74, 6) is 0.940. The van der Waals surface area contributed by atoms with Crippen molar-refractivity contribution >= 4 is 6.09 Å². The third-order valence-corrected chi connectivity index (χ3v) is 5.44. The molecule has 6 unspecified atom stereocenters. The summed E-state index contributed by atoms with van der Waals surface area (Å²) in [5.41, 5.74) is 5.42. The van der Waals surface area contributed by atoms with E-state index in [0.29, 0.717) is 17.9 Å². The highest BCUT2D eigenvalue weighted by atomic mass is 16.6. The average molecular weight is 325 g/mol. The molecule has 0 bridgehead atoms. The molecule has 3 fully saturated rings. The van der Waals surface area contributed by atoms with Crippen LogP contribution in [0, 0.1) is 11.8 Å². The molecule has 23 heavy (non-hydrogen) atoms. The lowest BCUT2D eigenvalue weighted by Crippen LogP contribution is -2.72. The summed E-state index contributed by atoms with van der Waals surface area (Å²) in [5, 5.41) is 6.80. The fourth-order valence-corrected chi connectivity index (χ4v) is 4.33. The van der Waals surface area contributed by atoms with Crippen molar-refractivity contribution in [2.75, 3.05) is 13.2 Å². The summed E-state index contributed by atoms with van der Waals surface area (Å²) in [7, 11) is 0. The van der Waals surface area contributed by atoms with Gasteiger partial charge in [-0.1, -0.05) is 6.42 Å². The van der Waals surface area contributed by atoms with E-state index in [0.717, 1.165) is 26.0 Å². The number of nitrogens with one attached hydrogen (secondary N) is 2. The Morgan fingerprint density at radius 1 is 1.26 bits per heavy atom. The van der Waals surface area contributed by atoms with Crippen LogP contribution in [-0.4, -0.2) is 49.1 Å². The van der Waals surface area contributed by atoms with E-state index in [2.05, 4.69) is 10.6 Å². The van der Waals surface area contributed by atoms with Crippen molar-refractivity contribution in [3.8, 4) is 0 Å². The molecule has 6 nitrogen and oxygen atoms in total. The summed E-state index contributed by atoms with van der Waals surface area (Å²) >= 11 is 0. The summed E-state index contributed by atoms with van der Waals surface area (Å²) in [6, 6.07) is 0.710. The maximum atomic E-state index is 12.1. The van der Waals surface area contributed by atoms with E-state index in [9.17, 15) is 4.79 Å². The van der Waals surface area contributed by atoms with Gasteiger partial charge in [-0.05, 0) is 52.5 Å². The Labute approximate surface area is 138 Å². The van der Waals surface area contributed by atoms with Crippen LogP contribution in [0.2, 0.25) is 0 Å². The number of fused-ring (bicyclic) bond motifs is 1. The third kappa shape index (κ3) is 3.64. The molecule has 1 amide bonds. The largest absolute Gasteiger partial charge is 0.444 e. The molecule has 0 spiro atoms. The zero-order valence-corrected chi connectivity index (χ0v) is 14.5. The lowest BCUT2D eigenvalue weighted by molar-refractivity contribution is -0.0390. The quantitative estimate of drug-likeness (QED) is 0.727. The SMILES string of the molecule is CC(C)(C)OC(=O)NC1C2CCOC2C1NC1CCCC1CN. The molecule has 2 saturated carbocycles. The molecule has 0 aromatic rings. The molecular formula is C17H31N3O3. The van der Waals surface area contributed by atoms with Crippen LogP contribution in [0.5, 0.6) is 0 Å². The van der Waals surface area contributed by atoms with Gasteiger partial charge in [0.25, 0.3) is 0 Å². The van der Waals surface area contributed by atoms with Crippen molar-refractivity contribution in [3.05, 3.63) is 0 Å². The summed E-state index contributed by atoms with van der Waals surface area (Å²) in [4.78, 5) is 12.1. The first-order valence-corrected chi connectivity index (χ1v) is 8.96. The molecule has 0 aromatic heterocycles. The first kappa shape index (κ1) is 17.0. The molecule has 3 aliphatic rings. The maximum absolute atomic E-state index is 12.1. The number of hydrogen-bond acceptors (Lipinski definition) is 5. The molecule has 1 aliphatic heterocycles. The minimum Gasteiger partial charge on any atom is -0.444 e. The molecule has 3 rings (SSSR count). The van der Waals surface area contributed by atoms with Gasteiger partial charge in [0.2, 0.25) is 0 Å². The normalized spacial score (nSPS) is 39.7. The van der Waals surface area contributed by atoms with Crippen molar-refractivity contribution in [1.82, 2.24) is 10.6 Å². The van der Waals surface area contributed by atoms with E-state index < -0.39 is 5.60 Å². The van der Waals surface area contributed by atoms with Crippen LogP contribution in [0.15, 0.2) is 0 Å². The van der Waals surface area contributed by atoms with Crippen LogP contribution < -0.4 is 16.4 Å². The zero-order chi connectivity index (χ0) is 16.6. The molecule has 0 radical (unpaired) electrons. The van der Waals surface area contributed by atoms with Crippen molar-refractivity contribution in [3.63, 3.8) is 0 Å². The van der Waals surface area contributed by atoms with Gasteiger partial charge in [0, 0.05) is 18.6 Å². The highest BCUT2D eigenvalue weighted by Crippen LogP contribution is 2.40. The molecule has 4 N–H and O–H groups in total. The average Bonchev–Trinajstić information content (AvgIpc) is 3.07. The van der Waals surface area contributed by atoms with E-state index in [1.807, 2.05) is 20.8 Å². The van der Waals surface area contributed by atoms with Gasteiger partial charge in [-0.15, -0.1) is 0 Å². The maximum Gasteiger partial charge on any atom is 0.407 e. The number of ether oxygens (including phenoxy) is 2. The number of carbonyl (C=O) groups is 1. The third-order valence-electron chi connectivity index (χ3n) is 5.44. The van der Waals surface area contributed by atoms with E-state index in [1.165, 1.54) is 12.8 Å². The Bertz CT molecular complexity index is 437. The number of hydrogen-bond donors (Lipinski definition) is 3. The van der Waals surface area contributed by atoms with Gasteiger partial charge in [0.15, 0.2) is 0 Å². The van der Waals surface area contributed by atoms with E-state index in [-0.39, 0.29) is 24.3 Å². The van der Waals surface area contributed by atoms with Crippen molar-refractivity contribution < 1.29 is 14.3 Å². The summed E-state index contributed by atoms with van der Waals surface area (Å²) in [6.45, 7) is 7.16. The number of rotatable bonds is 4. The molecule has 6 atom stereocenters. The first-order valence-electron chi connectivity index (χ1n) is 8.96. The smallest absolute Gasteiger partial charge is 0.407 e. The fourth-order valence-electron chi connectivity index (χ4n) is 4.33. The summed E-state index contributed by atoms with van der Waals surface area (Å²) in [6.07, 6.45) is 4.48. The van der Waals surface area contributed by atoms with E-state index in [1.54, 1.807) is 0 Å². The van der Waals surface area contributed by atoms with Gasteiger partial charge < -0.3 is 25.8 Å². The number of nitrogens with two attached hydrogens (primary N) is 1. The second kappa shape index (κ2) is 6.57. The van der Waals surface area contributed by atoms with E-state index >= 15 is 0 Å². The minimum absolute atomic E-state index is 0.0939. The van der Waals surface area contributed by atoms with Crippen molar-refractivity contribution in [1.29, 1.82) is 0 Å². The zero-order valence-electron chi connectivity index (χ0n) is 14.5.